The Morgan fingerprint density at radius 3 is 2.50 bits per heavy atom. The summed E-state index contributed by atoms with van der Waals surface area (Å²) in [7, 11) is 0. The smallest absolute Gasteiger partial charge is 0.170 e. The fourth-order valence-corrected chi connectivity index (χ4v) is 2.20. The third kappa shape index (κ3) is 3.17. The Morgan fingerprint density at radius 2 is 1.80 bits per heavy atom. The molecule has 0 aromatic heterocycles. The van der Waals surface area contributed by atoms with Gasteiger partial charge in [-0.3, -0.25) is 4.79 Å². The molecule has 2 rings (SSSR count). The van der Waals surface area contributed by atoms with E-state index in [0.717, 1.165) is 0 Å². The van der Waals surface area contributed by atoms with Gasteiger partial charge >= 0.3 is 0 Å². The summed E-state index contributed by atoms with van der Waals surface area (Å²) in [4.78, 5) is 12.1. The zero-order valence-corrected chi connectivity index (χ0v) is 12.0. The number of ketones is 1. The van der Waals surface area contributed by atoms with Crippen LogP contribution >= 0.6 is 23.2 Å². The lowest BCUT2D eigenvalue weighted by molar-refractivity contribution is 0.0989. The number of hydrogen-bond acceptors (Lipinski definition) is 1. The van der Waals surface area contributed by atoms with Crippen LogP contribution in [0.1, 0.15) is 21.5 Å². The third-order valence-corrected chi connectivity index (χ3v) is 3.51. The largest absolute Gasteiger partial charge is 0.294 e. The summed E-state index contributed by atoms with van der Waals surface area (Å²) in [5, 5.41) is 0.815. The molecule has 0 N–H and O–H groups in total. The standard InChI is InChI=1S/C15H10Cl2F2O/c1-8-4-11(14(19)7-13(8)18)15(20)6-9-5-10(16)2-3-12(9)17/h2-5,7H,6H2,1H3. The molecule has 0 bridgehead atoms. The first-order chi connectivity index (χ1) is 9.38. The van der Waals surface area contributed by atoms with Crippen molar-refractivity contribution in [2.75, 3.05) is 0 Å². The number of halogens is 4. The van der Waals surface area contributed by atoms with Crippen molar-refractivity contribution in [1.82, 2.24) is 0 Å². The molecule has 0 saturated carbocycles. The van der Waals surface area contributed by atoms with Crippen LogP contribution in [-0.2, 0) is 6.42 Å². The van der Waals surface area contributed by atoms with E-state index >= 15 is 0 Å². The molecule has 0 radical (unpaired) electrons. The van der Waals surface area contributed by atoms with Gasteiger partial charge in [-0.2, -0.15) is 0 Å². The van der Waals surface area contributed by atoms with Crippen molar-refractivity contribution in [1.29, 1.82) is 0 Å². The molecule has 5 heteroatoms. The maximum Gasteiger partial charge on any atom is 0.170 e. The Hall–Kier alpha value is -1.45. The highest BCUT2D eigenvalue weighted by Crippen LogP contribution is 2.23. The van der Waals surface area contributed by atoms with Crippen molar-refractivity contribution in [2.45, 2.75) is 13.3 Å². The van der Waals surface area contributed by atoms with Gasteiger partial charge in [0.1, 0.15) is 11.6 Å². The highest BCUT2D eigenvalue weighted by atomic mass is 35.5. The molecule has 0 amide bonds. The Labute approximate surface area is 125 Å². The second-order valence-corrected chi connectivity index (χ2v) is 5.26. The van der Waals surface area contributed by atoms with Crippen LogP contribution in [0, 0.1) is 18.6 Å². The van der Waals surface area contributed by atoms with Crippen molar-refractivity contribution in [3.63, 3.8) is 0 Å². The second-order valence-electron chi connectivity index (χ2n) is 4.42. The monoisotopic (exact) mass is 314 g/mol. The summed E-state index contributed by atoms with van der Waals surface area (Å²) in [6, 6.07) is 6.63. The molecule has 2 aromatic rings. The van der Waals surface area contributed by atoms with Gasteiger partial charge in [0.25, 0.3) is 0 Å². The molecule has 0 unspecified atom stereocenters. The molecular weight excluding hydrogens is 305 g/mol. The van der Waals surface area contributed by atoms with Crippen LogP contribution in [0.5, 0.6) is 0 Å². The van der Waals surface area contributed by atoms with E-state index in [1.54, 1.807) is 18.2 Å². The highest BCUT2D eigenvalue weighted by Gasteiger charge is 2.16. The Balaban J connectivity index is 2.33. The van der Waals surface area contributed by atoms with Crippen LogP contribution in [0.15, 0.2) is 30.3 Å². The third-order valence-electron chi connectivity index (χ3n) is 2.91. The minimum atomic E-state index is -0.878. The van der Waals surface area contributed by atoms with Gasteiger partial charge in [0, 0.05) is 22.5 Å². The molecule has 0 aliphatic heterocycles. The fraction of sp³-hybridized carbons (Fsp3) is 0.133. The van der Waals surface area contributed by atoms with E-state index in [1.807, 2.05) is 0 Å². The molecule has 2 aromatic carbocycles. The number of hydrogen-bond donors (Lipinski definition) is 0. The van der Waals surface area contributed by atoms with E-state index in [9.17, 15) is 13.6 Å². The molecule has 0 aliphatic rings. The van der Waals surface area contributed by atoms with Gasteiger partial charge in [-0.05, 0) is 42.3 Å². The molecule has 0 heterocycles. The van der Waals surface area contributed by atoms with Crippen LogP contribution in [0.3, 0.4) is 0 Å². The van der Waals surface area contributed by atoms with Gasteiger partial charge in [0.15, 0.2) is 5.78 Å². The minimum absolute atomic E-state index is 0.0958. The molecule has 20 heavy (non-hydrogen) atoms. The molecule has 0 saturated heterocycles. The van der Waals surface area contributed by atoms with Crippen LogP contribution in [-0.4, -0.2) is 5.78 Å². The van der Waals surface area contributed by atoms with Crippen LogP contribution in [0.2, 0.25) is 10.0 Å². The molecular formula is C15H10Cl2F2O. The zero-order chi connectivity index (χ0) is 14.9. The quantitative estimate of drug-likeness (QED) is 0.728. The summed E-state index contributed by atoms with van der Waals surface area (Å²) in [5.41, 5.74) is 0.567. The lowest BCUT2D eigenvalue weighted by Crippen LogP contribution is -2.08. The average Bonchev–Trinajstić information content (AvgIpc) is 2.38. The highest BCUT2D eigenvalue weighted by molar-refractivity contribution is 6.33. The first kappa shape index (κ1) is 14.9. The van der Waals surface area contributed by atoms with E-state index in [1.165, 1.54) is 13.0 Å². The van der Waals surface area contributed by atoms with Crippen molar-refractivity contribution >= 4 is 29.0 Å². The van der Waals surface area contributed by atoms with Crippen LogP contribution in [0.25, 0.3) is 0 Å². The first-order valence-corrected chi connectivity index (χ1v) is 6.57. The fourth-order valence-electron chi connectivity index (χ4n) is 1.82. The zero-order valence-electron chi connectivity index (χ0n) is 10.5. The first-order valence-electron chi connectivity index (χ1n) is 5.81. The predicted molar refractivity (Wildman–Crippen MR) is 75.6 cm³/mol. The topological polar surface area (TPSA) is 17.1 Å². The van der Waals surface area contributed by atoms with E-state index in [2.05, 4.69) is 0 Å². The summed E-state index contributed by atoms with van der Waals surface area (Å²) < 4.78 is 26.8. The van der Waals surface area contributed by atoms with E-state index in [4.69, 9.17) is 23.2 Å². The second kappa shape index (κ2) is 5.90. The number of aryl methyl sites for hydroxylation is 1. The van der Waals surface area contributed by atoms with Gasteiger partial charge < -0.3 is 0 Å². The number of carbonyl (C=O) groups is 1. The van der Waals surface area contributed by atoms with Crippen molar-refractivity contribution in [2.24, 2.45) is 0 Å². The molecule has 104 valence electrons. The molecule has 0 atom stereocenters. The average molecular weight is 315 g/mol. The van der Waals surface area contributed by atoms with Gasteiger partial charge in [-0.25, -0.2) is 8.78 Å². The summed E-state index contributed by atoms with van der Waals surface area (Å²) >= 11 is 11.8. The predicted octanol–water partition coefficient (Wildman–Crippen LogP) is 5.01. The number of Topliss-reactive ketones (excluding diaryl/α,β-unsaturated/α-hetero) is 1. The Morgan fingerprint density at radius 1 is 1.10 bits per heavy atom. The van der Waals surface area contributed by atoms with Gasteiger partial charge in [0.05, 0.1) is 5.56 Å². The van der Waals surface area contributed by atoms with Crippen molar-refractivity contribution < 1.29 is 13.6 Å². The maximum absolute atomic E-state index is 13.6. The molecule has 0 fully saturated rings. The maximum atomic E-state index is 13.6. The lowest BCUT2D eigenvalue weighted by Gasteiger charge is -2.07. The van der Waals surface area contributed by atoms with Gasteiger partial charge in [0.2, 0.25) is 0 Å². The van der Waals surface area contributed by atoms with E-state index in [-0.39, 0.29) is 17.5 Å². The van der Waals surface area contributed by atoms with Crippen LogP contribution in [0.4, 0.5) is 8.78 Å². The summed E-state index contributed by atoms with van der Waals surface area (Å²) in [6.07, 6.45) is -0.0958. The van der Waals surface area contributed by atoms with Gasteiger partial charge in [-0.1, -0.05) is 23.2 Å². The lowest BCUT2D eigenvalue weighted by atomic mass is 10.0. The normalized spacial score (nSPS) is 10.7. The number of rotatable bonds is 3. The van der Waals surface area contributed by atoms with E-state index in [0.29, 0.717) is 21.7 Å². The van der Waals surface area contributed by atoms with Crippen molar-refractivity contribution in [3.8, 4) is 0 Å². The van der Waals surface area contributed by atoms with Gasteiger partial charge in [-0.15, -0.1) is 0 Å². The Bertz CT molecular complexity index is 684. The molecule has 0 aliphatic carbocycles. The number of benzene rings is 2. The Kier molecular flexibility index (Phi) is 4.41. The van der Waals surface area contributed by atoms with Crippen molar-refractivity contribution in [3.05, 3.63) is 68.7 Å². The molecule has 1 nitrogen and oxygen atoms in total. The minimum Gasteiger partial charge on any atom is -0.294 e. The SMILES string of the molecule is Cc1cc(C(=O)Cc2cc(Cl)ccc2Cl)c(F)cc1F. The van der Waals surface area contributed by atoms with Crippen LogP contribution < -0.4 is 0 Å². The molecule has 0 spiro atoms. The summed E-state index contributed by atoms with van der Waals surface area (Å²) in [6.45, 7) is 1.47. The number of carbonyl (C=O) groups excluding carboxylic acids is 1. The van der Waals surface area contributed by atoms with E-state index < -0.39 is 17.4 Å². The summed E-state index contributed by atoms with van der Waals surface area (Å²) in [5.74, 6) is -2.04.